The monoisotopic (exact) mass is 490 g/mol. The van der Waals surface area contributed by atoms with Gasteiger partial charge in [-0.1, -0.05) is 59.6 Å². The van der Waals surface area contributed by atoms with Crippen molar-refractivity contribution >= 4 is 46.6 Å². The Morgan fingerprint density at radius 3 is 2.42 bits per heavy atom. The maximum atomic E-state index is 13.6. The van der Waals surface area contributed by atoms with Crippen molar-refractivity contribution in [3.05, 3.63) is 99.5 Å². The Morgan fingerprint density at radius 1 is 0.970 bits per heavy atom. The third kappa shape index (κ3) is 5.21. The van der Waals surface area contributed by atoms with Gasteiger partial charge in [-0.2, -0.15) is 23.3 Å². The quantitative estimate of drug-likeness (QED) is 0.364. The van der Waals surface area contributed by atoms with Crippen LogP contribution in [0.4, 0.5) is 18.9 Å². The third-order valence-electron chi connectivity index (χ3n) is 4.73. The van der Waals surface area contributed by atoms with Crippen LogP contribution in [0.15, 0.2) is 83.5 Å². The zero-order valence-corrected chi connectivity index (χ0v) is 18.3. The highest BCUT2D eigenvalue weighted by Crippen LogP contribution is 2.33. The van der Waals surface area contributed by atoms with Crippen LogP contribution in [-0.2, 0) is 11.4 Å². The summed E-state index contributed by atoms with van der Waals surface area (Å²) >= 11 is 12.0. The van der Waals surface area contributed by atoms with Gasteiger partial charge in [-0.05, 0) is 48.0 Å². The smallest absolute Gasteiger partial charge is 0.435 e. The van der Waals surface area contributed by atoms with Crippen LogP contribution >= 0.6 is 23.2 Å². The fourth-order valence-corrected chi connectivity index (χ4v) is 3.62. The molecule has 4 nitrogen and oxygen atoms in total. The number of alkyl halides is 3. The first-order valence-corrected chi connectivity index (χ1v) is 10.4. The molecular weight excluding hydrogens is 476 g/mol. The Balaban J connectivity index is 1.61. The fourth-order valence-electron chi connectivity index (χ4n) is 3.16. The normalized spacial score (nSPS) is 15.2. The minimum atomic E-state index is -4.80. The molecule has 0 aromatic heterocycles. The number of halogens is 5. The van der Waals surface area contributed by atoms with Gasteiger partial charge in [0.2, 0.25) is 0 Å². The molecule has 0 spiro atoms. The molecule has 0 saturated heterocycles. The highest BCUT2D eigenvalue weighted by atomic mass is 35.5. The Labute approximate surface area is 197 Å². The van der Waals surface area contributed by atoms with Gasteiger partial charge in [-0.3, -0.25) is 4.79 Å². The van der Waals surface area contributed by atoms with Gasteiger partial charge in [-0.25, -0.2) is 0 Å². The van der Waals surface area contributed by atoms with Crippen molar-refractivity contribution in [3.8, 4) is 5.75 Å². The number of benzene rings is 3. The molecule has 4 rings (SSSR count). The van der Waals surface area contributed by atoms with E-state index in [0.717, 1.165) is 11.1 Å². The predicted octanol–water partition coefficient (Wildman–Crippen LogP) is 6.92. The molecule has 0 N–H and O–H groups in total. The molecule has 33 heavy (non-hydrogen) atoms. The van der Waals surface area contributed by atoms with Gasteiger partial charge in [0.25, 0.3) is 5.91 Å². The van der Waals surface area contributed by atoms with Crippen LogP contribution in [-0.4, -0.2) is 17.8 Å². The summed E-state index contributed by atoms with van der Waals surface area (Å²) in [5.74, 6) is -0.473. The SMILES string of the molecule is O=C1/C(=C\c2cccc(OCc3ccc(Cl)cc3Cl)c2)C(C(F)(F)F)=NN1c1ccccc1. The van der Waals surface area contributed by atoms with Gasteiger partial charge in [0.15, 0.2) is 5.71 Å². The van der Waals surface area contributed by atoms with Crippen LogP contribution in [0.1, 0.15) is 11.1 Å². The Kier molecular flexibility index (Phi) is 6.44. The van der Waals surface area contributed by atoms with Crippen LogP contribution in [0.25, 0.3) is 6.08 Å². The molecule has 1 amide bonds. The minimum absolute atomic E-state index is 0.131. The molecule has 0 bridgehead atoms. The molecule has 3 aromatic carbocycles. The summed E-state index contributed by atoms with van der Waals surface area (Å²) in [6.45, 7) is 0.131. The summed E-state index contributed by atoms with van der Waals surface area (Å²) in [7, 11) is 0. The van der Waals surface area contributed by atoms with Gasteiger partial charge < -0.3 is 4.74 Å². The van der Waals surface area contributed by atoms with Gasteiger partial charge in [-0.15, -0.1) is 0 Å². The number of anilines is 1. The highest BCUT2D eigenvalue weighted by molar-refractivity contribution is 6.35. The zero-order valence-electron chi connectivity index (χ0n) is 16.8. The van der Waals surface area contributed by atoms with Crippen molar-refractivity contribution in [3.63, 3.8) is 0 Å². The zero-order chi connectivity index (χ0) is 23.6. The average molecular weight is 491 g/mol. The lowest BCUT2D eigenvalue weighted by atomic mass is 10.1. The summed E-state index contributed by atoms with van der Waals surface area (Å²) in [5.41, 5.74) is -0.518. The Bertz CT molecular complexity index is 1260. The molecular formula is C24H15Cl2F3N2O2. The van der Waals surface area contributed by atoms with Gasteiger partial charge in [0.1, 0.15) is 12.4 Å². The molecule has 0 fully saturated rings. The van der Waals surface area contributed by atoms with Gasteiger partial charge in [0, 0.05) is 15.6 Å². The third-order valence-corrected chi connectivity index (χ3v) is 5.31. The molecule has 0 aliphatic carbocycles. The first-order valence-electron chi connectivity index (χ1n) is 9.66. The van der Waals surface area contributed by atoms with E-state index >= 15 is 0 Å². The van der Waals surface area contributed by atoms with E-state index in [9.17, 15) is 18.0 Å². The lowest BCUT2D eigenvalue weighted by Gasteiger charge is -2.11. The van der Waals surface area contributed by atoms with E-state index in [-0.39, 0.29) is 12.3 Å². The second-order valence-electron chi connectivity index (χ2n) is 7.05. The summed E-state index contributed by atoms with van der Waals surface area (Å²) < 4.78 is 46.6. The van der Waals surface area contributed by atoms with E-state index < -0.39 is 23.4 Å². The number of para-hydroxylation sites is 1. The van der Waals surface area contributed by atoms with E-state index in [1.54, 1.807) is 54.6 Å². The van der Waals surface area contributed by atoms with E-state index in [1.807, 2.05) is 0 Å². The van der Waals surface area contributed by atoms with Gasteiger partial charge in [0.05, 0.1) is 11.3 Å². The molecule has 9 heteroatoms. The predicted molar refractivity (Wildman–Crippen MR) is 123 cm³/mol. The number of rotatable bonds is 5. The number of carbonyl (C=O) groups excluding carboxylic acids is 1. The van der Waals surface area contributed by atoms with Crippen molar-refractivity contribution in [1.29, 1.82) is 0 Å². The number of carbonyl (C=O) groups is 1. The number of amides is 1. The standard InChI is InChI=1S/C24H15Cl2F3N2O2/c25-17-10-9-16(21(26)13-17)14-33-19-8-4-5-15(11-19)12-20-22(24(27,28)29)30-31(23(20)32)18-6-2-1-3-7-18/h1-13H,14H2/b20-12-. The first kappa shape index (κ1) is 22.9. The lowest BCUT2D eigenvalue weighted by Crippen LogP contribution is -2.25. The van der Waals surface area contributed by atoms with Crippen molar-refractivity contribution in [2.24, 2.45) is 5.10 Å². The number of hydrogen-bond donors (Lipinski definition) is 0. The summed E-state index contributed by atoms with van der Waals surface area (Å²) in [6, 6.07) is 19.3. The number of ether oxygens (including phenoxy) is 1. The lowest BCUT2D eigenvalue weighted by molar-refractivity contribution is -0.114. The van der Waals surface area contributed by atoms with Crippen molar-refractivity contribution < 1.29 is 22.7 Å². The van der Waals surface area contributed by atoms with Crippen molar-refractivity contribution in [1.82, 2.24) is 0 Å². The minimum Gasteiger partial charge on any atom is -0.489 e. The van der Waals surface area contributed by atoms with Crippen LogP contribution in [0.3, 0.4) is 0 Å². The maximum Gasteiger partial charge on any atom is 0.435 e. The molecule has 3 aromatic rings. The van der Waals surface area contributed by atoms with E-state index in [2.05, 4.69) is 5.10 Å². The van der Waals surface area contributed by atoms with E-state index in [0.29, 0.717) is 26.9 Å². The highest BCUT2D eigenvalue weighted by Gasteiger charge is 2.46. The molecule has 0 atom stereocenters. The van der Waals surface area contributed by atoms with Crippen molar-refractivity contribution in [2.75, 3.05) is 5.01 Å². The molecule has 168 valence electrons. The summed E-state index contributed by atoms with van der Waals surface area (Å²) in [4.78, 5) is 12.8. The van der Waals surface area contributed by atoms with Crippen LogP contribution in [0.2, 0.25) is 10.0 Å². The second-order valence-corrected chi connectivity index (χ2v) is 7.90. The molecule has 0 saturated carbocycles. The summed E-state index contributed by atoms with van der Waals surface area (Å²) in [5, 5.41) is 5.23. The summed E-state index contributed by atoms with van der Waals surface area (Å²) in [6.07, 6.45) is -3.65. The van der Waals surface area contributed by atoms with E-state index in [1.165, 1.54) is 18.2 Å². The van der Waals surface area contributed by atoms with Crippen LogP contribution < -0.4 is 9.75 Å². The molecule has 1 heterocycles. The van der Waals surface area contributed by atoms with Crippen molar-refractivity contribution in [2.45, 2.75) is 12.8 Å². The second kappa shape index (κ2) is 9.29. The fraction of sp³-hybridized carbons (Fsp3) is 0.0833. The van der Waals surface area contributed by atoms with Gasteiger partial charge >= 0.3 is 6.18 Å². The average Bonchev–Trinajstić information content (AvgIpc) is 3.10. The van der Waals surface area contributed by atoms with E-state index in [4.69, 9.17) is 27.9 Å². The largest absolute Gasteiger partial charge is 0.489 e. The Hall–Kier alpha value is -3.29. The maximum absolute atomic E-state index is 13.6. The number of nitrogens with zero attached hydrogens (tertiary/aromatic N) is 2. The van der Waals surface area contributed by atoms with Crippen LogP contribution in [0, 0.1) is 0 Å². The molecule has 1 aliphatic rings. The molecule has 1 aliphatic heterocycles. The first-order chi connectivity index (χ1) is 15.7. The van der Waals surface area contributed by atoms with Crippen LogP contribution in [0.5, 0.6) is 5.75 Å². The number of hydrogen-bond acceptors (Lipinski definition) is 3. The molecule has 0 unspecified atom stereocenters. The topological polar surface area (TPSA) is 41.9 Å². The number of hydrazone groups is 1. The molecule has 0 radical (unpaired) electrons. The Morgan fingerprint density at radius 2 is 1.73 bits per heavy atom.